The van der Waals surface area contributed by atoms with E-state index < -0.39 is 0 Å². The van der Waals surface area contributed by atoms with Crippen LogP contribution >= 0.6 is 0 Å². The van der Waals surface area contributed by atoms with Crippen LogP contribution in [0.5, 0.6) is 0 Å². The summed E-state index contributed by atoms with van der Waals surface area (Å²) >= 11 is 0. The predicted octanol–water partition coefficient (Wildman–Crippen LogP) is 12.3. The first-order valence-electron chi connectivity index (χ1n) is 15.8. The second-order valence-corrected chi connectivity index (χ2v) is 12.7. The Bertz CT molecular complexity index is 2190. The molecule has 7 aromatic rings. The highest BCUT2D eigenvalue weighted by Crippen LogP contribution is 2.51. The monoisotopic (exact) mass is 577 g/mol. The van der Waals surface area contributed by atoms with E-state index in [0.717, 1.165) is 5.69 Å². The maximum atomic E-state index is 2.42. The van der Waals surface area contributed by atoms with E-state index in [0.29, 0.717) is 0 Å². The number of anilines is 3. The zero-order chi connectivity index (χ0) is 30.5. The standard InChI is InChI=1S/C44H35N/c1-30-27-35(36-18-17-32-13-7-8-14-34(32)28-36)21-26-43(30)45(37-22-19-33(20-23-37)31-11-5-4-6-12-31)38-24-25-40-39-15-9-10-16-41(39)44(2,3)42(40)29-38/h4-29H,1-3H3. The summed E-state index contributed by atoms with van der Waals surface area (Å²) in [6.07, 6.45) is 0. The van der Waals surface area contributed by atoms with Gasteiger partial charge in [-0.2, -0.15) is 0 Å². The van der Waals surface area contributed by atoms with E-state index in [1.165, 1.54) is 72.2 Å². The fourth-order valence-corrected chi connectivity index (χ4v) is 7.15. The highest BCUT2D eigenvalue weighted by Gasteiger charge is 2.35. The molecule has 1 nitrogen and oxygen atoms in total. The number of rotatable bonds is 5. The van der Waals surface area contributed by atoms with Crippen molar-refractivity contribution in [3.05, 3.63) is 174 Å². The van der Waals surface area contributed by atoms with Gasteiger partial charge in [0.05, 0.1) is 0 Å². The van der Waals surface area contributed by atoms with Crippen molar-refractivity contribution in [1.29, 1.82) is 0 Å². The van der Waals surface area contributed by atoms with E-state index in [2.05, 4.69) is 183 Å². The first-order valence-corrected chi connectivity index (χ1v) is 15.8. The molecular formula is C44H35N. The molecule has 0 amide bonds. The third kappa shape index (κ3) is 4.64. The minimum Gasteiger partial charge on any atom is -0.310 e. The van der Waals surface area contributed by atoms with Gasteiger partial charge in [0.25, 0.3) is 0 Å². The summed E-state index contributed by atoms with van der Waals surface area (Å²) in [5.74, 6) is 0. The molecule has 45 heavy (non-hydrogen) atoms. The highest BCUT2D eigenvalue weighted by molar-refractivity contribution is 5.89. The fraction of sp³-hybridized carbons (Fsp3) is 0.0909. The van der Waals surface area contributed by atoms with Crippen LogP contribution in [0, 0.1) is 6.92 Å². The summed E-state index contributed by atoms with van der Waals surface area (Å²) in [5, 5.41) is 2.53. The largest absolute Gasteiger partial charge is 0.310 e. The van der Waals surface area contributed by atoms with Gasteiger partial charge in [-0.05, 0) is 110 Å². The normalized spacial score (nSPS) is 13.0. The maximum absolute atomic E-state index is 2.42. The van der Waals surface area contributed by atoms with Crippen molar-refractivity contribution in [3.63, 3.8) is 0 Å². The predicted molar refractivity (Wildman–Crippen MR) is 192 cm³/mol. The van der Waals surface area contributed by atoms with Crippen molar-refractivity contribution < 1.29 is 0 Å². The Kier molecular flexibility index (Phi) is 6.43. The molecule has 0 aliphatic heterocycles. The van der Waals surface area contributed by atoms with E-state index in [9.17, 15) is 0 Å². The van der Waals surface area contributed by atoms with Crippen LogP contribution < -0.4 is 4.90 Å². The number of benzene rings is 7. The van der Waals surface area contributed by atoms with Crippen molar-refractivity contribution in [2.24, 2.45) is 0 Å². The molecule has 1 aliphatic rings. The zero-order valence-corrected chi connectivity index (χ0v) is 26.0. The van der Waals surface area contributed by atoms with E-state index >= 15 is 0 Å². The van der Waals surface area contributed by atoms with Crippen LogP contribution in [0.1, 0.15) is 30.5 Å². The molecule has 0 radical (unpaired) electrons. The lowest BCUT2D eigenvalue weighted by molar-refractivity contribution is 0.660. The average molecular weight is 578 g/mol. The SMILES string of the molecule is Cc1cc(-c2ccc3ccccc3c2)ccc1N(c1ccc(-c2ccccc2)cc1)c1ccc2c(c1)C(C)(C)c1ccccc1-2. The molecular weight excluding hydrogens is 542 g/mol. The van der Waals surface area contributed by atoms with E-state index in [-0.39, 0.29) is 5.41 Å². The smallest absolute Gasteiger partial charge is 0.0491 e. The topological polar surface area (TPSA) is 3.24 Å². The van der Waals surface area contributed by atoms with Crippen LogP contribution in [0.25, 0.3) is 44.2 Å². The summed E-state index contributed by atoms with van der Waals surface area (Å²) in [7, 11) is 0. The molecule has 7 aromatic carbocycles. The Labute approximate surface area is 266 Å². The van der Waals surface area contributed by atoms with Crippen molar-refractivity contribution in [2.45, 2.75) is 26.2 Å². The molecule has 1 aliphatic carbocycles. The zero-order valence-electron chi connectivity index (χ0n) is 26.0. The summed E-state index contributed by atoms with van der Waals surface area (Å²) in [5.41, 5.74) is 15.0. The molecule has 0 heterocycles. The third-order valence-electron chi connectivity index (χ3n) is 9.58. The number of fused-ring (bicyclic) bond motifs is 4. The van der Waals surface area contributed by atoms with Gasteiger partial charge < -0.3 is 4.90 Å². The maximum Gasteiger partial charge on any atom is 0.0491 e. The fourth-order valence-electron chi connectivity index (χ4n) is 7.15. The van der Waals surface area contributed by atoms with E-state index in [1.807, 2.05) is 0 Å². The summed E-state index contributed by atoms with van der Waals surface area (Å²) in [4.78, 5) is 2.42. The molecule has 0 aromatic heterocycles. The van der Waals surface area contributed by atoms with Crippen LogP contribution in [0.2, 0.25) is 0 Å². The Morgan fingerprint density at radius 2 is 1.02 bits per heavy atom. The van der Waals surface area contributed by atoms with Gasteiger partial charge in [0.15, 0.2) is 0 Å². The van der Waals surface area contributed by atoms with Gasteiger partial charge in [0.1, 0.15) is 0 Å². The summed E-state index contributed by atoms with van der Waals surface area (Å²) in [6, 6.07) is 57.7. The Morgan fingerprint density at radius 1 is 0.422 bits per heavy atom. The van der Waals surface area contributed by atoms with Crippen LogP contribution in [0.3, 0.4) is 0 Å². The number of nitrogens with zero attached hydrogens (tertiary/aromatic N) is 1. The molecule has 0 saturated heterocycles. The highest BCUT2D eigenvalue weighted by atomic mass is 15.1. The molecule has 0 atom stereocenters. The van der Waals surface area contributed by atoms with Crippen molar-refractivity contribution in [1.82, 2.24) is 0 Å². The van der Waals surface area contributed by atoms with Crippen LogP contribution in [-0.4, -0.2) is 0 Å². The molecule has 0 unspecified atom stereocenters. The Hall–Kier alpha value is -5.40. The van der Waals surface area contributed by atoms with Gasteiger partial charge in [-0.15, -0.1) is 0 Å². The minimum absolute atomic E-state index is 0.0697. The first kappa shape index (κ1) is 27.2. The molecule has 0 fully saturated rings. The molecule has 0 N–H and O–H groups in total. The van der Waals surface area contributed by atoms with Crippen LogP contribution in [-0.2, 0) is 5.41 Å². The van der Waals surface area contributed by atoms with Gasteiger partial charge in [-0.3, -0.25) is 0 Å². The summed E-state index contributed by atoms with van der Waals surface area (Å²) in [6.45, 7) is 6.94. The molecule has 0 saturated carbocycles. The van der Waals surface area contributed by atoms with Crippen LogP contribution in [0.4, 0.5) is 17.1 Å². The van der Waals surface area contributed by atoms with E-state index in [4.69, 9.17) is 0 Å². The van der Waals surface area contributed by atoms with Crippen molar-refractivity contribution in [3.8, 4) is 33.4 Å². The first-order chi connectivity index (χ1) is 22.0. The lowest BCUT2D eigenvalue weighted by atomic mass is 9.82. The second kappa shape index (κ2) is 10.6. The summed E-state index contributed by atoms with van der Waals surface area (Å²) < 4.78 is 0. The molecule has 1 heteroatoms. The van der Waals surface area contributed by atoms with Gasteiger partial charge in [0.2, 0.25) is 0 Å². The number of hydrogen-bond acceptors (Lipinski definition) is 1. The van der Waals surface area contributed by atoms with Gasteiger partial charge in [-0.1, -0.05) is 129 Å². The number of hydrogen-bond donors (Lipinski definition) is 0. The Balaban J connectivity index is 1.25. The van der Waals surface area contributed by atoms with Gasteiger partial charge >= 0.3 is 0 Å². The molecule has 216 valence electrons. The lowest BCUT2D eigenvalue weighted by Gasteiger charge is -2.29. The number of aryl methyl sites for hydroxylation is 1. The quantitative estimate of drug-likeness (QED) is 0.197. The van der Waals surface area contributed by atoms with Crippen molar-refractivity contribution in [2.75, 3.05) is 4.90 Å². The van der Waals surface area contributed by atoms with Crippen molar-refractivity contribution >= 4 is 27.8 Å². The van der Waals surface area contributed by atoms with Gasteiger partial charge in [0, 0.05) is 22.5 Å². The lowest BCUT2D eigenvalue weighted by Crippen LogP contribution is -2.17. The van der Waals surface area contributed by atoms with E-state index in [1.54, 1.807) is 0 Å². The third-order valence-corrected chi connectivity index (χ3v) is 9.58. The average Bonchev–Trinajstić information content (AvgIpc) is 3.32. The minimum atomic E-state index is -0.0697. The van der Waals surface area contributed by atoms with Gasteiger partial charge in [-0.25, -0.2) is 0 Å². The molecule has 0 spiro atoms. The molecule has 8 rings (SSSR count). The Morgan fingerprint density at radius 3 is 1.82 bits per heavy atom. The molecule has 0 bridgehead atoms. The van der Waals surface area contributed by atoms with Crippen LogP contribution in [0.15, 0.2) is 158 Å². The second-order valence-electron chi connectivity index (χ2n) is 12.7.